The molecule has 1 aromatic rings. The lowest BCUT2D eigenvalue weighted by Gasteiger charge is -2.40. The van der Waals surface area contributed by atoms with E-state index in [1.807, 2.05) is 6.07 Å². The van der Waals surface area contributed by atoms with Gasteiger partial charge in [0.15, 0.2) is 0 Å². The van der Waals surface area contributed by atoms with Gasteiger partial charge in [0.05, 0.1) is 6.42 Å². The number of hydrogen-bond donors (Lipinski definition) is 1. The largest absolute Gasteiger partial charge is 0.481 e. The highest BCUT2D eigenvalue weighted by Gasteiger charge is 2.40. The molecule has 1 saturated heterocycles. The molecule has 3 rings (SSSR count). The van der Waals surface area contributed by atoms with E-state index in [0.717, 1.165) is 12.8 Å². The number of nitrogens with zero attached hydrogens (tertiary/aromatic N) is 2. The minimum Gasteiger partial charge on any atom is -0.481 e. The van der Waals surface area contributed by atoms with Gasteiger partial charge in [0, 0.05) is 25.2 Å². The molecule has 122 valence electrons. The number of carboxylic acid groups (broad SMARTS) is 1. The molecule has 1 atom stereocenters. The van der Waals surface area contributed by atoms with Gasteiger partial charge in [-0.15, -0.1) is 0 Å². The molecule has 2 fully saturated rings. The molecule has 1 aliphatic carbocycles. The predicted molar refractivity (Wildman–Crippen MR) is 82.8 cm³/mol. The highest BCUT2D eigenvalue weighted by molar-refractivity contribution is 5.99. The fraction of sp³-hybridized carbons (Fsp3) is 0.471. The summed E-state index contributed by atoms with van der Waals surface area (Å²) in [5.74, 6) is -1.05. The van der Waals surface area contributed by atoms with Gasteiger partial charge in [0.1, 0.15) is 6.04 Å². The van der Waals surface area contributed by atoms with Crippen LogP contribution in [0.1, 0.15) is 29.6 Å². The van der Waals surface area contributed by atoms with Crippen molar-refractivity contribution in [2.45, 2.75) is 25.3 Å². The zero-order chi connectivity index (χ0) is 16.4. The van der Waals surface area contributed by atoms with Crippen molar-refractivity contribution in [3.8, 4) is 0 Å². The van der Waals surface area contributed by atoms with Gasteiger partial charge in [-0.05, 0) is 30.9 Å². The van der Waals surface area contributed by atoms with E-state index in [-0.39, 0.29) is 18.2 Å². The van der Waals surface area contributed by atoms with Gasteiger partial charge in [-0.2, -0.15) is 0 Å². The van der Waals surface area contributed by atoms with Crippen molar-refractivity contribution in [3.05, 3.63) is 35.9 Å². The zero-order valence-corrected chi connectivity index (χ0v) is 12.9. The number of benzene rings is 1. The van der Waals surface area contributed by atoms with Crippen molar-refractivity contribution in [2.75, 3.05) is 19.6 Å². The summed E-state index contributed by atoms with van der Waals surface area (Å²) in [5.41, 5.74) is 0.478. The molecule has 0 bridgehead atoms. The Labute approximate surface area is 134 Å². The quantitative estimate of drug-likeness (QED) is 0.886. The molecule has 2 amide bonds. The third-order valence-electron chi connectivity index (χ3n) is 4.41. The van der Waals surface area contributed by atoms with Crippen LogP contribution < -0.4 is 0 Å². The number of carboxylic acids is 1. The summed E-state index contributed by atoms with van der Waals surface area (Å²) in [6, 6.07) is 7.77. The molecule has 1 unspecified atom stereocenters. The van der Waals surface area contributed by atoms with E-state index < -0.39 is 12.0 Å². The summed E-state index contributed by atoms with van der Waals surface area (Å²) >= 11 is 0. The second-order valence-electron chi connectivity index (χ2n) is 6.21. The minimum atomic E-state index is -1.07. The van der Waals surface area contributed by atoms with Crippen LogP contribution in [0.2, 0.25) is 0 Å². The van der Waals surface area contributed by atoms with Crippen LogP contribution in [0.5, 0.6) is 0 Å². The fourth-order valence-electron chi connectivity index (χ4n) is 2.98. The van der Waals surface area contributed by atoms with Gasteiger partial charge in [0.2, 0.25) is 5.91 Å². The average molecular weight is 316 g/mol. The number of carbonyl (C=O) groups is 3. The highest BCUT2D eigenvalue weighted by Crippen LogP contribution is 2.31. The highest BCUT2D eigenvalue weighted by atomic mass is 16.4. The van der Waals surface area contributed by atoms with Gasteiger partial charge >= 0.3 is 5.97 Å². The van der Waals surface area contributed by atoms with Crippen molar-refractivity contribution >= 4 is 17.8 Å². The van der Waals surface area contributed by atoms with Crippen LogP contribution in [-0.4, -0.2) is 58.4 Å². The van der Waals surface area contributed by atoms with Gasteiger partial charge in [-0.25, -0.2) is 0 Å². The molecule has 1 aliphatic heterocycles. The lowest BCUT2D eigenvalue weighted by Crippen LogP contribution is -2.59. The maximum atomic E-state index is 12.6. The Morgan fingerprint density at radius 2 is 1.83 bits per heavy atom. The van der Waals surface area contributed by atoms with Crippen molar-refractivity contribution in [2.24, 2.45) is 5.92 Å². The van der Waals surface area contributed by atoms with Crippen molar-refractivity contribution in [1.29, 1.82) is 0 Å². The van der Waals surface area contributed by atoms with Gasteiger partial charge in [-0.1, -0.05) is 18.2 Å². The molecular formula is C17H20N2O4. The van der Waals surface area contributed by atoms with E-state index in [0.29, 0.717) is 31.1 Å². The van der Waals surface area contributed by atoms with Crippen LogP contribution in [0.3, 0.4) is 0 Å². The maximum Gasteiger partial charge on any atom is 0.305 e. The molecule has 6 nitrogen and oxygen atoms in total. The molecule has 6 heteroatoms. The topological polar surface area (TPSA) is 77.9 Å². The Bertz CT molecular complexity index is 612. The number of hydrogen-bond acceptors (Lipinski definition) is 3. The summed E-state index contributed by atoms with van der Waals surface area (Å²) < 4.78 is 0. The maximum absolute atomic E-state index is 12.6. The molecule has 23 heavy (non-hydrogen) atoms. The van der Waals surface area contributed by atoms with Crippen molar-refractivity contribution < 1.29 is 19.5 Å². The van der Waals surface area contributed by atoms with E-state index in [9.17, 15) is 14.4 Å². The summed E-state index contributed by atoms with van der Waals surface area (Å²) in [4.78, 5) is 39.6. The number of amides is 2. The van der Waals surface area contributed by atoms with Crippen molar-refractivity contribution in [3.63, 3.8) is 0 Å². The second-order valence-corrected chi connectivity index (χ2v) is 6.21. The lowest BCUT2D eigenvalue weighted by atomic mass is 10.0. The standard InChI is InChI=1S/C17H20N2O4/c20-15(21)10-14-17(23)18(11-12-6-7-12)8-9-19(14)16(22)13-4-2-1-3-5-13/h1-5,12,14H,6-11H2,(H,20,21). The summed E-state index contributed by atoms with van der Waals surface area (Å²) in [6.07, 6.45) is 1.90. The Kier molecular flexibility index (Phi) is 4.32. The van der Waals surface area contributed by atoms with Crippen LogP contribution in [0.15, 0.2) is 30.3 Å². The third-order valence-corrected chi connectivity index (χ3v) is 4.41. The van der Waals surface area contributed by atoms with Crippen LogP contribution >= 0.6 is 0 Å². The number of carbonyl (C=O) groups excluding carboxylic acids is 2. The zero-order valence-electron chi connectivity index (χ0n) is 12.9. The van der Waals surface area contributed by atoms with E-state index in [2.05, 4.69) is 0 Å². The predicted octanol–water partition coefficient (Wildman–Crippen LogP) is 1.22. The molecular weight excluding hydrogens is 296 g/mol. The monoisotopic (exact) mass is 316 g/mol. The minimum absolute atomic E-state index is 0.241. The molecule has 0 spiro atoms. The normalized spacial score (nSPS) is 21.4. The molecule has 1 heterocycles. The van der Waals surface area contributed by atoms with E-state index >= 15 is 0 Å². The first kappa shape index (κ1) is 15.5. The van der Waals surface area contributed by atoms with Crippen LogP contribution in [0.4, 0.5) is 0 Å². The Balaban J connectivity index is 1.79. The molecule has 2 aliphatic rings. The smallest absolute Gasteiger partial charge is 0.305 e. The van der Waals surface area contributed by atoms with E-state index in [1.54, 1.807) is 29.2 Å². The van der Waals surface area contributed by atoms with E-state index in [4.69, 9.17) is 5.11 Å². The molecule has 1 N–H and O–H groups in total. The van der Waals surface area contributed by atoms with Crippen molar-refractivity contribution in [1.82, 2.24) is 9.80 Å². The average Bonchev–Trinajstić information content (AvgIpc) is 3.35. The van der Waals surface area contributed by atoms with Crippen LogP contribution in [0.25, 0.3) is 0 Å². The van der Waals surface area contributed by atoms with E-state index in [1.165, 1.54) is 4.90 Å². The molecule has 0 radical (unpaired) electrons. The number of aliphatic carboxylic acids is 1. The Morgan fingerprint density at radius 3 is 2.43 bits per heavy atom. The van der Waals surface area contributed by atoms with Gasteiger partial charge in [-0.3, -0.25) is 14.4 Å². The Morgan fingerprint density at radius 1 is 1.13 bits per heavy atom. The summed E-state index contributed by atoms with van der Waals surface area (Å²) in [7, 11) is 0. The number of rotatable bonds is 5. The van der Waals surface area contributed by atoms with Gasteiger partial charge in [0.25, 0.3) is 5.91 Å². The summed E-state index contributed by atoms with van der Waals surface area (Å²) in [6.45, 7) is 1.54. The summed E-state index contributed by atoms with van der Waals surface area (Å²) in [5, 5.41) is 9.13. The van der Waals surface area contributed by atoms with Crippen LogP contribution in [0, 0.1) is 5.92 Å². The first-order chi connectivity index (χ1) is 11.1. The van der Waals surface area contributed by atoms with Gasteiger partial charge < -0.3 is 14.9 Å². The first-order valence-corrected chi connectivity index (χ1v) is 7.93. The third kappa shape index (κ3) is 3.52. The molecule has 1 aromatic carbocycles. The Hall–Kier alpha value is -2.37. The van der Waals surface area contributed by atoms with Crippen LogP contribution in [-0.2, 0) is 9.59 Å². The molecule has 0 aromatic heterocycles. The number of piperazine rings is 1. The second kappa shape index (κ2) is 6.40. The first-order valence-electron chi connectivity index (χ1n) is 7.93. The fourth-order valence-corrected chi connectivity index (χ4v) is 2.98. The SMILES string of the molecule is O=C(O)CC1C(=O)N(CC2CC2)CCN1C(=O)c1ccccc1. The molecule has 1 saturated carbocycles. The lowest BCUT2D eigenvalue weighted by molar-refractivity contribution is -0.148.